The highest BCUT2D eigenvalue weighted by Crippen LogP contribution is 2.22. The predicted molar refractivity (Wildman–Crippen MR) is 84.6 cm³/mol. The van der Waals surface area contributed by atoms with Crippen LogP contribution in [0.1, 0.15) is 24.8 Å². The molecule has 1 fully saturated rings. The van der Waals surface area contributed by atoms with Gasteiger partial charge in [-0.3, -0.25) is 0 Å². The fourth-order valence-corrected chi connectivity index (χ4v) is 4.18. The molecule has 1 saturated heterocycles. The molecule has 124 valence electrons. The number of rotatable bonds is 7. The summed E-state index contributed by atoms with van der Waals surface area (Å²) in [5, 5.41) is 9.44. The van der Waals surface area contributed by atoms with Crippen LogP contribution < -0.4 is 10.5 Å². The summed E-state index contributed by atoms with van der Waals surface area (Å²) < 4.78 is 32.9. The molecule has 7 heteroatoms. The van der Waals surface area contributed by atoms with Gasteiger partial charge in [0.25, 0.3) is 0 Å². The molecule has 0 aromatic heterocycles. The SMILES string of the molecule is NCC[C@H]1CC[C@@H](NS(=O)(=O)Cc2ccccc2)[C@H](CO)O1. The van der Waals surface area contributed by atoms with Gasteiger partial charge in [-0.15, -0.1) is 0 Å². The molecule has 0 unspecified atom stereocenters. The van der Waals surface area contributed by atoms with Crippen LogP contribution >= 0.6 is 0 Å². The fraction of sp³-hybridized carbons (Fsp3) is 0.600. The Balaban J connectivity index is 1.96. The molecule has 6 nitrogen and oxygen atoms in total. The lowest BCUT2D eigenvalue weighted by atomic mass is 9.98. The van der Waals surface area contributed by atoms with Gasteiger partial charge in [0.2, 0.25) is 10.0 Å². The number of sulfonamides is 1. The summed E-state index contributed by atoms with van der Waals surface area (Å²) in [6, 6.07) is 8.62. The topological polar surface area (TPSA) is 102 Å². The highest BCUT2D eigenvalue weighted by atomic mass is 32.2. The van der Waals surface area contributed by atoms with Gasteiger partial charge in [0.15, 0.2) is 0 Å². The van der Waals surface area contributed by atoms with E-state index in [0.717, 1.165) is 18.4 Å². The van der Waals surface area contributed by atoms with E-state index in [1.54, 1.807) is 12.1 Å². The quantitative estimate of drug-likeness (QED) is 0.671. The van der Waals surface area contributed by atoms with Crippen molar-refractivity contribution in [1.82, 2.24) is 4.72 Å². The van der Waals surface area contributed by atoms with Gasteiger partial charge in [0, 0.05) is 0 Å². The van der Waals surface area contributed by atoms with Crippen molar-refractivity contribution in [2.75, 3.05) is 13.2 Å². The molecule has 4 N–H and O–H groups in total. The van der Waals surface area contributed by atoms with E-state index < -0.39 is 22.2 Å². The third kappa shape index (κ3) is 5.03. The summed E-state index contributed by atoms with van der Waals surface area (Å²) in [7, 11) is -3.47. The van der Waals surface area contributed by atoms with Crippen LogP contribution in [0.5, 0.6) is 0 Å². The number of aliphatic hydroxyl groups excluding tert-OH is 1. The van der Waals surface area contributed by atoms with E-state index in [1.807, 2.05) is 18.2 Å². The average molecular weight is 328 g/mol. The van der Waals surface area contributed by atoms with Gasteiger partial charge in [-0.1, -0.05) is 30.3 Å². The number of nitrogens with one attached hydrogen (secondary N) is 1. The zero-order valence-corrected chi connectivity index (χ0v) is 13.3. The monoisotopic (exact) mass is 328 g/mol. The molecule has 2 rings (SSSR count). The van der Waals surface area contributed by atoms with Gasteiger partial charge in [-0.25, -0.2) is 13.1 Å². The van der Waals surface area contributed by atoms with Crippen molar-refractivity contribution in [2.45, 2.75) is 43.3 Å². The average Bonchev–Trinajstić information content (AvgIpc) is 2.49. The normalized spacial score (nSPS) is 26.0. The van der Waals surface area contributed by atoms with Crippen LogP contribution in [0.2, 0.25) is 0 Å². The van der Waals surface area contributed by atoms with E-state index in [4.69, 9.17) is 10.5 Å². The molecule has 1 aromatic carbocycles. The zero-order valence-electron chi connectivity index (χ0n) is 12.5. The molecule has 1 aliphatic heterocycles. The maximum absolute atomic E-state index is 12.3. The van der Waals surface area contributed by atoms with Crippen LogP contribution in [-0.2, 0) is 20.5 Å². The van der Waals surface area contributed by atoms with Crippen molar-refractivity contribution in [1.29, 1.82) is 0 Å². The minimum absolute atomic E-state index is 0.00275. The number of benzene rings is 1. The lowest BCUT2D eigenvalue weighted by Crippen LogP contribution is -2.51. The maximum Gasteiger partial charge on any atom is 0.216 e. The highest BCUT2D eigenvalue weighted by Gasteiger charge is 2.33. The standard InChI is InChI=1S/C15H24N2O4S/c16-9-8-13-6-7-14(15(10-18)21-13)17-22(19,20)11-12-4-2-1-3-5-12/h1-5,13-15,17-18H,6-11,16H2/t13-,14-,15+/m1/s1. The third-order valence-corrected chi connectivity index (χ3v) is 5.19. The second-order valence-electron chi connectivity index (χ2n) is 5.60. The second kappa shape index (κ2) is 8.03. The Morgan fingerprint density at radius 1 is 1.27 bits per heavy atom. The van der Waals surface area contributed by atoms with E-state index in [2.05, 4.69) is 4.72 Å². The Morgan fingerprint density at radius 2 is 2.00 bits per heavy atom. The Labute approximate surface area is 131 Å². The van der Waals surface area contributed by atoms with Gasteiger partial charge >= 0.3 is 0 Å². The molecule has 22 heavy (non-hydrogen) atoms. The van der Waals surface area contributed by atoms with Crippen LogP contribution in [0, 0.1) is 0 Å². The summed E-state index contributed by atoms with van der Waals surface area (Å²) >= 11 is 0. The van der Waals surface area contributed by atoms with Crippen LogP contribution in [0.15, 0.2) is 30.3 Å². The Bertz CT molecular complexity index is 550. The number of ether oxygens (including phenoxy) is 1. The Hall–Kier alpha value is -0.990. The van der Waals surface area contributed by atoms with E-state index >= 15 is 0 Å². The van der Waals surface area contributed by atoms with Crippen molar-refractivity contribution in [3.8, 4) is 0 Å². The first-order chi connectivity index (χ1) is 10.5. The minimum Gasteiger partial charge on any atom is -0.394 e. The molecule has 0 bridgehead atoms. The minimum atomic E-state index is -3.47. The molecule has 0 aliphatic carbocycles. The van der Waals surface area contributed by atoms with E-state index in [-0.39, 0.29) is 18.5 Å². The predicted octanol–water partition coefficient (Wildman–Crippen LogP) is 0.363. The fourth-order valence-electron chi connectivity index (χ4n) is 2.73. The third-order valence-electron chi connectivity index (χ3n) is 3.81. The lowest BCUT2D eigenvalue weighted by Gasteiger charge is -2.35. The van der Waals surface area contributed by atoms with E-state index in [0.29, 0.717) is 13.0 Å². The number of aliphatic hydroxyl groups is 1. The smallest absolute Gasteiger partial charge is 0.216 e. The van der Waals surface area contributed by atoms with Gasteiger partial charge in [-0.2, -0.15) is 0 Å². The molecular weight excluding hydrogens is 304 g/mol. The van der Waals surface area contributed by atoms with Crippen molar-refractivity contribution in [3.63, 3.8) is 0 Å². The molecule has 0 saturated carbocycles. The van der Waals surface area contributed by atoms with Gasteiger partial charge in [-0.05, 0) is 31.4 Å². The highest BCUT2D eigenvalue weighted by molar-refractivity contribution is 7.88. The van der Waals surface area contributed by atoms with Crippen LogP contribution in [0.3, 0.4) is 0 Å². The van der Waals surface area contributed by atoms with Crippen LogP contribution in [-0.4, -0.2) is 44.9 Å². The number of nitrogens with two attached hydrogens (primary N) is 1. The number of hydrogen-bond donors (Lipinski definition) is 3. The first-order valence-corrected chi connectivity index (χ1v) is 9.19. The molecule has 0 spiro atoms. The molecule has 1 aromatic rings. The first kappa shape index (κ1) is 17.4. The van der Waals surface area contributed by atoms with Gasteiger partial charge in [0.05, 0.1) is 30.6 Å². The zero-order chi connectivity index (χ0) is 16.0. The summed E-state index contributed by atoms with van der Waals surface area (Å²) in [6.45, 7) is 0.312. The van der Waals surface area contributed by atoms with Crippen molar-refractivity contribution >= 4 is 10.0 Å². The van der Waals surface area contributed by atoms with Crippen molar-refractivity contribution < 1.29 is 18.3 Å². The Morgan fingerprint density at radius 3 is 2.64 bits per heavy atom. The summed E-state index contributed by atoms with van der Waals surface area (Å²) in [6.07, 6.45) is 1.59. The van der Waals surface area contributed by atoms with Crippen molar-refractivity contribution in [2.24, 2.45) is 5.73 Å². The molecular formula is C15H24N2O4S. The summed E-state index contributed by atoms with van der Waals surface area (Å²) in [4.78, 5) is 0. The lowest BCUT2D eigenvalue weighted by molar-refractivity contribution is -0.0867. The molecule has 3 atom stereocenters. The second-order valence-corrected chi connectivity index (χ2v) is 7.36. The maximum atomic E-state index is 12.3. The first-order valence-electron chi connectivity index (χ1n) is 7.54. The largest absolute Gasteiger partial charge is 0.394 e. The number of hydrogen-bond acceptors (Lipinski definition) is 5. The van der Waals surface area contributed by atoms with Crippen LogP contribution in [0.25, 0.3) is 0 Å². The van der Waals surface area contributed by atoms with Crippen molar-refractivity contribution in [3.05, 3.63) is 35.9 Å². The molecule has 1 aliphatic rings. The van der Waals surface area contributed by atoms with Crippen LogP contribution in [0.4, 0.5) is 0 Å². The molecule has 0 amide bonds. The van der Waals surface area contributed by atoms with Gasteiger partial charge in [0.1, 0.15) is 0 Å². The summed E-state index contributed by atoms with van der Waals surface area (Å²) in [5.74, 6) is -0.0747. The van der Waals surface area contributed by atoms with E-state index in [9.17, 15) is 13.5 Å². The molecule has 0 radical (unpaired) electrons. The Kier molecular flexibility index (Phi) is 6.34. The van der Waals surface area contributed by atoms with E-state index in [1.165, 1.54) is 0 Å². The van der Waals surface area contributed by atoms with Gasteiger partial charge < -0.3 is 15.6 Å². The summed E-state index contributed by atoms with van der Waals surface area (Å²) in [5.41, 5.74) is 6.24. The molecule has 1 heterocycles.